The number of ketones is 1. The molecule has 0 saturated carbocycles. The summed E-state index contributed by atoms with van der Waals surface area (Å²) in [6.45, 7) is 48.7. The summed E-state index contributed by atoms with van der Waals surface area (Å²) >= 11 is 5.95. The average Bonchev–Trinajstić information content (AvgIpc) is 1.70. The van der Waals surface area contributed by atoms with Crippen LogP contribution in [-0.2, 0) is 15.6 Å². The summed E-state index contributed by atoms with van der Waals surface area (Å²) in [5.74, 6) is 6.74. The summed E-state index contributed by atoms with van der Waals surface area (Å²) in [4.78, 5) is 86.4. The molecule has 5 aliphatic rings. The predicted octanol–water partition coefficient (Wildman–Crippen LogP) is 19.4. The van der Waals surface area contributed by atoms with Crippen molar-refractivity contribution in [3.05, 3.63) is 108 Å². The van der Waals surface area contributed by atoms with Crippen LogP contribution in [0.3, 0.4) is 0 Å². The SMILES string of the molecule is CCCCC(CC)CSCCCNC(=O)N=C1C=C2C(=CC1=C1C(=O)C(c3cc4c(cc3NC(=O)NCCCSCC(CC)CCCC)N(C(C)C)C(C)C4(C)C)=C1O)C(C)(C)C(C)N2C(C)C.CCCCC(CC)CSCCCNC(=O)Nc1ccc2c(c1)N(C(C)C)C(C)C2(C)C.O=c1c(O)c(O)c1=O. The Morgan fingerprint density at radius 2 is 0.953 bits per heavy atom. The third kappa shape index (κ3) is 22.1. The number of fused-ring (bicyclic) bond motifs is 3. The molecular formula is C86H135N9O9S3. The largest absolute Gasteiger partial charge is 0.506 e. The Morgan fingerprint density at radius 3 is 1.38 bits per heavy atom. The number of urea groups is 3. The van der Waals surface area contributed by atoms with Crippen molar-refractivity contribution in [3.8, 4) is 11.5 Å². The molecule has 596 valence electrons. The van der Waals surface area contributed by atoms with E-state index in [2.05, 4.69) is 204 Å². The van der Waals surface area contributed by atoms with Crippen molar-refractivity contribution >= 4 is 93.2 Å². The van der Waals surface area contributed by atoms with Crippen LogP contribution < -0.4 is 47.2 Å². The minimum atomic E-state index is -1.01. The fraction of sp³-hybridized carbons (Fsp3) is 0.663. The van der Waals surface area contributed by atoms with Crippen LogP contribution in [0.1, 0.15) is 258 Å². The minimum absolute atomic E-state index is 0.103. The highest BCUT2D eigenvalue weighted by Gasteiger charge is 2.50. The van der Waals surface area contributed by atoms with Crippen LogP contribution in [0.2, 0.25) is 0 Å². The lowest BCUT2D eigenvalue weighted by molar-refractivity contribution is -0.111. The van der Waals surface area contributed by atoms with Gasteiger partial charge in [-0.3, -0.25) is 14.4 Å². The number of allylic oxidation sites excluding steroid dienone is 6. The average molecular weight is 1540 g/mol. The van der Waals surface area contributed by atoms with E-state index >= 15 is 0 Å². The molecule has 6 atom stereocenters. The zero-order chi connectivity index (χ0) is 79.4. The predicted molar refractivity (Wildman–Crippen MR) is 456 cm³/mol. The first-order valence-electron chi connectivity index (χ1n) is 40.4. The maximum absolute atomic E-state index is 14.9. The van der Waals surface area contributed by atoms with Gasteiger partial charge in [0.1, 0.15) is 5.76 Å². The Morgan fingerprint density at radius 1 is 0.523 bits per heavy atom. The highest BCUT2D eigenvalue weighted by atomic mass is 32.2. The monoisotopic (exact) mass is 1530 g/mol. The summed E-state index contributed by atoms with van der Waals surface area (Å²) in [6, 6.07) is 10.9. The number of hydrogen-bond donors (Lipinski definition) is 8. The molecule has 2 aliphatic carbocycles. The van der Waals surface area contributed by atoms with Gasteiger partial charge < -0.3 is 56.6 Å². The van der Waals surface area contributed by atoms with Gasteiger partial charge in [-0.15, -0.1) is 0 Å². The molecule has 3 aromatic carbocycles. The first-order valence-corrected chi connectivity index (χ1v) is 43.8. The third-order valence-corrected chi connectivity index (χ3v) is 27.1. The highest BCUT2D eigenvalue weighted by Crippen LogP contribution is 2.54. The summed E-state index contributed by atoms with van der Waals surface area (Å²) < 4.78 is 0. The van der Waals surface area contributed by atoms with Gasteiger partial charge in [0.05, 0.1) is 22.5 Å². The Hall–Kier alpha value is -6.32. The third-order valence-electron chi connectivity index (χ3n) is 23.2. The van der Waals surface area contributed by atoms with Gasteiger partial charge in [-0.1, -0.05) is 147 Å². The Bertz CT molecular complexity index is 3720. The number of hydrogen-bond acceptors (Lipinski definition) is 15. The molecule has 8 N–H and O–H groups in total. The van der Waals surface area contributed by atoms with Crippen LogP contribution in [0.4, 0.5) is 37.1 Å². The molecule has 3 aliphatic heterocycles. The Balaban J connectivity index is 0.000000376. The van der Waals surface area contributed by atoms with Gasteiger partial charge in [0.25, 0.3) is 10.9 Å². The first kappa shape index (κ1) is 89.6. The number of thioether (sulfide) groups is 3. The lowest BCUT2D eigenvalue weighted by Gasteiger charge is -2.34. The quantitative estimate of drug-likeness (QED) is 0.0153. The number of anilines is 4. The molecule has 3 heterocycles. The van der Waals surface area contributed by atoms with E-state index in [-0.39, 0.29) is 75.2 Å². The number of benzene rings is 2. The molecular weight excluding hydrogens is 1400 g/mol. The number of carbonyl (C=O) groups is 4. The summed E-state index contributed by atoms with van der Waals surface area (Å²) in [7, 11) is 0. The molecule has 21 heteroatoms. The van der Waals surface area contributed by atoms with Gasteiger partial charge >= 0.3 is 18.1 Å². The van der Waals surface area contributed by atoms with Crippen molar-refractivity contribution in [1.29, 1.82) is 0 Å². The van der Waals surface area contributed by atoms with Crippen molar-refractivity contribution in [2.24, 2.45) is 28.2 Å². The zero-order valence-corrected chi connectivity index (χ0v) is 71.5. The molecule has 0 radical (unpaired) electrons. The number of nitrogens with one attached hydrogen (secondary N) is 5. The molecule has 3 aromatic rings. The van der Waals surface area contributed by atoms with Crippen LogP contribution in [-0.4, -0.2) is 140 Å². The maximum Gasteiger partial charge on any atom is 0.341 e. The lowest BCUT2D eigenvalue weighted by Crippen LogP contribution is -2.42. The standard InChI is InChI=1S/C56H88N6O4S2.C26H45N3OS.C4H2O4/c1-15-19-23-39(17-3)33-67-27-21-25-57-53(65)59-45-31-47-43(55(11,12)37(9)61(47)35(5)6)29-41(45)49-51(63)50(52(49)64)42-30-44-48(62(36(7)8)38(10)56(44,13)14)32-46(42)60-54(66)58-26-22-28-68-34-40(18-4)24-20-16-2;1-8-10-12-21(9-2)18-31-16-11-15-27-25(30)28-22-13-14-23-24(17-22)29(19(3)4)20(5)26(23,6)7;5-1-2(6)4(8)3(1)7/h29-32,35-40,63H,15-28,33-34H2,1-14H3,(H,57,65)(H2,58,60,66);13-14,17,19-21H,8-12,15-16,18H2,1-7H3,(H2,27,28,30);5-6H. The molecule has 0 aromatic heterocycles. The topological polar surface area (TPSA) is 245 Å². The second-order valence-electron chi connectivity index (χ2n) is 32.7. The number of aromatic hydroxyl groups is 2. The number of rotatable bonds is 36. The highest BCUT2D eigenvalue weighted by molar-refractivity contribution is 7.99. The number of aliphatic hydroxyl groups is 1. The van der Waals surface area contributed by atoms with Gasteiger partial charge in [-0.2, -0.15) is 40.3 Å². The second kappa shape index (κ2) is 41.1. The molecule has 6 amide bonds. The number of amides is 6. The molecule has 1 saturated heterocycles. The van der Waals surface area contributed by atoms with Gasteiger partial charge in [0, 0.05) is 106 Å². The smallest absolute Gasteiger partial charge is 0.341 e. The van der Waals surface area contributed by atoms with Gasteiger partial charge in [-0.25, -0.2) is 14.4 Å². The second-order valence-corrected chi connectivity index (χ2v) is 36.1. The summed E-state index contributed by atoms with van der Waals surface area (Å²) in [5.41, 5.74) is 7.06. The van der Waals surface area contributed by atoms with Gasteiger partial charge in [0.15, 0.2) is 0 Å². The van der Waals surface area contributed by atoms with Gasteiger partial charge in [-0.05, 0) is 206 Å². The fourth-order valence-electron chi connectivity index (χ4n) is 15.4. The van der Waals surface area contributed by atoms with Gasteiger partial charge in [0.2, 0.25) is 17.3 Å². The van der Waals surface area contributed by atoms with E-state index in [0.29, 0.717) is 47.7 Å². The Kier molecular flexibility index (Phi) is 34.4. The number of unbranched alkanes of at least 4 members (excludes halogenated alkanes) is 3. The van der Waals surface area contributed by atoms with E-state index in [1.165, 1.54) is 94.1 Å². The number of aliphatic imine (C=N–C) groups is 1. The minimum Gasteiger partial charge on any atom is -0.506 e. The van der Waals surface area contributed by atoms with Crippen LogP contribution in [0.5, 0.6) is 11.5 Å². The molecule has 18 nitrogen and oxygen atoms in total. The molecule has 1 fully saturated rings. The molecule has 8 rings (SSSR count). The summed E-state index contributed by atoms with van der Waals surface area (Å²) in [5, 5.41) is 43.9. The molecule has 0 bridgehead atoms. The van der Waals surface area contributed by atoms with Crippen LogP contribution >= 0.6 is 35.3 Å². The number of nitrogens with zero attached hydrogens (tertiary/aromatic N) is 4. The van der Waals surface area contributed by atoms with Crippen molar-refractivity contribution in [2.45, 2.75) is 289 Å². The van der Waals surface area contributed by atoms with Crippen molar-refractivity contribution in [3.63, 3.8) is 0 Å². The maximum atomic E-state index is 14.9. The van der Waals surface area contributed by atoms with Crippen LogP contribution in [0.25, 0.3) is 5.57 Å². The van der Waals surface area contributed by atoms with E-state index < -0.39 is 28.4 Å². The van der Waals surface area contributed by atoms with E-state index in [9.17, 15) is 33.9 Å². The number of likely N-dealkylation sites (tertiary alicyclic amines) is 1. The van der Waals surface area contributed by atoms with Crippen molar-refractivity contribution in [1.82, 2.24) is 20.9 Å². The molecule has 0 spiro atoms. The number of carbonyl (C=O) groups excluding carboxylic acids is 4. The van der Waals surface area contributed by atoms with E-state index in [1.807, 2.05) is 65.6 Å². The summed E-state index contributed by atoms with van der Waals surface area (Å²) in [6.07, 6.45) is 21.8. The van der Waals surface area contributed by atoms with Crippen molar-refractivity contribution < 1.29 is 34.5 Å². The number of Topliss-reactive ketones (excluding diaryl/α,β-unsaturated/α-hetero) is 1. The molecule has 6 unspecified atom stereocenters. The Labute approximate surface area is 655 Å². The van der Waals surface area contributed by atoms with E-state index in [0.717, 1.165) is 101 Å². The van der Waals surface area contributed by atoms with Crippen LogP contribution in [0, 0.1) is 23.2 Å². The van der Waals surface area contributed by atoms with Crippen molar-refractivity contribution in [2.75, 3.05) is 74.6 Å². The fourth-order valence-corrected chi connectivity index (χ4v) is 19.2. The van der Waals surface area contributed by atoms with Crippen LogP contribution in [0.15, 0.2) is 85.2 Å². The first-order chi connectivity index (χ1) is 50.6. The zero-order valence-electron chi connectivity index (χ0n) is 69.0. The normalized spacial score (nSPS) is 20.0. The lowest BCUT2D eigenvalue weighted by atomic mass is 9.73. The number of aliphatic hydroxyl groups excluding tert-OH is 1. The van der Waals surface area contributed by atoms with E-state index in [1.54, 1.807) is 0 Å². The van der Waals surface area contributed by atoms with E-state index in [4.69, 9.17) is 10.2 Å². The molecule has 107 heavy (non-hydrogen) atoms.